The second-order valence-corrected chi connectivity index (χ2v) is 2.38. The van der Waals surface area contributed by atoms with E-state index in [2.05, 4.69) is 5.32 Å². The van der Waals surface area contributed by atoms with E-state index < -0.39 is 6.04 Å². The molecule has 11 heavy (non-hydrogen) atoms. The number of hydrogen-bond acceptors (Lipinski definition) is 3. The maximum absolute atomic E-state index is 10.9. The molecule has 0 heterocycles. The molecule has 0 aromatic carbocycles. The molecule has 0 rings (SSSR count). The number of carbonyl (C=O) groups excluding carboxylic acids is 1. The highest BCUT2D eigenvalue weighted by Crippen LogP contribution is 1.85. The molecular weight excluding hydrogens is 144 g/mol. The topological polar surface area (TPSA) is 75.4 Å². The highest BCUT2D eigenvalue weighted by atomic mass is 16.3. The minimum atomic E-state index is -0.409. The van der Waals surface area contributed by atoms with Crippen LogP contribution in [0.5, 0.6) is 0 Å². The number of hydrogen-bond donors (Lipinski definition) is 3. The van der Waals surface area contributed by atoms with Crippen LogP contribution < -0.4 is 11.1 Å². The van der Waals surface area contributed by atoms with E-state index in [9.17, 15) is 4.79 Å². The van der Waals surface area contributed by atoms with Gasteiger partial charge in [-0.25, -0.2) is 0 Å². The number of carbonyl (C=O) groups is 1. The largest absolute Gasteiger partial charge is 0.396 e. The zero-order valence-electron chi connectivity index (χ0n) is 6.84. The second kappa shape index (κ2) is 6.12. The van der Waals surface area contributed by atoms with Gasteiger partial charge in [-0.05, 0) is 12.8 Å². The van der Waals surface area contributed by atoms with E-state index in [1.807, 2.05) is 6.92 Å². The second-order valence-electron chi connectivity index (χ2n) is 2.38. The normalized spacial score (nSPS) is 12.6. The van der Waals surface area contributed by atoms with Gasteiger partial charge in [-0.2, -0.15) is 0 Å². The van der Waals surface area contributed by atoms with E-state index in [0.717, 1.165) is 0 Å². The van der Waals surface area contributed by atoms with Crippen LogP contribution in [-0.4, -0.2) is 30.2 Å². The van der Waals surface area contributed by atoms with Crippen LogP contribution in [0.15, 0.2) is 0 Å². The van der Waals surface area contributed by atoms with Crippen LogP contribution in [-0.2, 0) is 4.79 Å². The third-order valence-corrected chi connectivity index (χ3v) is 1.41. The summed E-state index contributed by atoms with van der Waals surface area (Å²) in [7, 11) is 0. The van der Waals surface area contributed by atoms with Gasteiger partial charge in [0.1, 0.15) is 0 Å². The highest BCUT2D eigenvalue weighted by molar-refractivity contribution is 5.81. The molecule has 0 aromatic heterocycles. The molecule has 0 aliphatic rings. The summed E-state index contributed by atoms with van der Waals surface area (Å²) in [4.78, 5) is 10.9. The fourth-order valence-electron chi connectivity index (χ4n) is 0.607. The van der Waals surface area contributed by atoms with Crippen molar-refractivity contribution in [2.45, 2.75) is 25.8 Å². The van der Waals surface area contributed by atoms with E-state index in [1.54, 1.807) is 0 Å². The molecule has 0 unspecified atom stereocenters. The highest BCUT2D eigenvalue weighted by Gasteiger charge is 2.08. The van der Waals surface area contributed by atoms with Crippen molar-refractivity contribution in [3.8, 4) is 0 Å². The lowest BCUT2D eigenvalue weighted by molar-refractivity contribution is -0.122. The van der Waals surface area contributed by atoms with Crippen molar-refractivity contribution >= 4 is 5.91 Å². The molecular formula is C7H16N2O2. The predicted molar refractivity (Wildman–Crippen MR) is 43.0 cm³/mol. The van der Waals surface area contributed by atoms with E-state index in [-0.39, 0.29) is 12.5 Å². The fraction of sp³-hybridized carbons (Fsp3) is 0.857. The number of rotatable bonds is 5. The maximum Gasteiger partial charge on any atom is 0.236 e. The van der Waals surface area contributed by atoms with Gasteiger partial charge in [-0.1, -0.05) is 6.92 Å². The lowest BCUT2D eigenvalue weighted by Crippen LogP contribution is -2.40. The Hall–Kier alpha value is -0.610. The van der Waals surface area contributed by atoms with Crippen molar-refractivity contribution in [3.05, 3.63) is 0 Å². The minimum Gasteiger partial charge on any atom is -0.396 e. The summed E-state index contributed by atoms with van der Waals surface area (Å²) in [6, 6.07) is -0.409. The molecule has 0 saturated heterocycles. The minimum absolute atomic E-state index is 0.0989. The van der Waals surface area contributed by atoms with E-state index in [4.69, 9.17) is 10.8 Å². The first-order valence-corrected chi connectivity index (χ1v) is 3.86. The zero-order valence-corrected chi connectivity index (χ0v) is 6.84. The molecule has 0 saturated carbocycles. The van der Waals surface area contributed by atoms with Crippen LogP contribution in [0.1, 0.15) is 19.8 Å². The van der Waals surface area contributed by atoms with Crippen molar-refractivity contribution in [3.63, 3.8) is 0 Å². The van der Waals surface area contributed by atoms with Crippen molar-refractivity contribution in [2.24, 2.45) is 5.73 Å². The van der Waals surface area contributed by atoms with Gasteiger partial charge in [0.15, 0.2) is 0 Å². The summed E-state index contributed by atoms with van der Waals surface area (Å²) < 4.78 is 0. The van der Waals surface area contributed by atoms with Gasteiger partial charge in [-0.3, -0.25) is 4.79 Å². The van der Waals surface area contributed by atoms with Crippen LogP contribution in [0.25, 0.3) is 0 Å². The Bertz CT molecular complexity index is 117. The van der Waals surface area contributed by atoms with E-state index in [1.165, 1.54) is 0 Å². The van der Waals surface area contributed by atoms with Crippen LogP contribution in [0, 0.1) is 0 Å². The van der Waals surface area contributed by atoms with Crippen LogP contribution in [0.2, 0.25) is 0 Å². The lowest BCUT2D eigenvalue weighted by atomic mass is 10.2. The average Bonchev–Trinajstić information content (AvgIpc) is 2.03. The molecule has 0 radical (unpaired) electrons. The lowest BCUT2D eigenvalue weighted by Gasteiger charge is -2.08. The van der Waals surface area contributed by atoms with Gasteiger partial charge in [0.25, 0.3) is 0 Å². The number of nitrogens with one attached hydrogen (secondary N) is 1. The van der Waals surface area contributed by atoms with Crippen LogP contribution in [0.3, 0.4) is 0 Å². The summed E-state index contributed by atoms with van der Waals surface area (Å²) in [5.74, 6) is -0.138. The molecule has 0 fully saturated rings. The first-order chi connectivity index (χ1) is 5.22. The molecule has 0 aliphatic carbocycles. The molecule has 66 valence electrons. The molecule has 1 atom stereocenters. The monoisotopic (exact) mass is 160 g/mol. The Balaban J connectivity index is 3.36. The molecule has 1 amide bonds. The fourth-order valence-corrected chi connectivity index (χ4v) is 0.607. The summed E-state index contributed by atoms with van der Waals surface area (Å²) >= 11 is 0. The molecule has 0 aliphatic heterocycles. The molecule has 0 aromatic rings. The molecule has 4 N–H and O–H groups in total. The first kappa shape index (κ1) is 10.4. The van der Waals surface area contributed by atoms with Crippen LogP contribution >= 0.6 is 0 Å². The van der Waals surface area contributed by atoms with Gasteiger partial charge in [0.05, 0.1) is 6.04 Å². The third kappa shape index (κ3) is 4.75. The Morgan fingerprint density at radius 2 is 2.36 bits per heavy atom. The molecule has 4 heteroatoms. The van der Waals surface area contributed by atoms with Crippen molar-refractivity contribution in [1.29, 1.82) is 0 Å². The van der Waals surface area contributed by atoms with Crippen molar-refractivity contribution in [1.82, 2.24) is 5.32 Å². The number of aliphatic hydroxyl groups excluding tert-OH is 1. The Morgan fingerprint density at radius 3 is 2.82 bits per heavy atom. The third-order valence-electron chi connectivity index (χ3n) is 1.41. The Morgan fingerprint density at radius 1 is 1.73 bits per heavy atom. The summed E-state index contributed by atoms with van der Waals surface area (Å²) in [6.07, 6.45) is 1.23. The molecule has 4 nitrogen and oxygen atoms in total. The standard InChI is InChI=1S/C7H16N2O2/c1-2-6(8)7(11)9-4-3-5-10/h6,10H,2-5,8H2,1H3,(H,9,11)/t6-/m0/s1. The van der Waals surface area contributed by atoms with Gasteiger partial charge < -0.3 is 16.2 Å². The summed E-state index contributed by atoms with van der Waals surface area (Å²) in [5, 5.41) is 11.0. The van der Waals surface area contributed by atoms with Gasteiger partial charge in [0, 0.05) is 13.2 Å². The number of amides is 1. The van der Waals surface area contributed by atoms with Gasteiger partial charge >= 0.3 is 0 Å². The van der Waals surface area contributed by atoms with Crippen molar-refractivity contribution in [2.75, 3.05) is 13.2 Å². The Kier molecular flexibility index (Phi) is 5.78. The zero-order chi connectivity index (χ0) is 8.69. The maximum atomic E-state index is 10.9. The summed E-state index contributed by atoms with van der Waals surface area (Å²) in [6.45, 7) is 2.46. The van der Waals surface area contributed by atoms with Gasteiger partial charge in [0.2, 0.25) is 5.91 Å². The number of nitrogens with two attached hydrogens (primary N) is 1. The average molecular weight is 160 g/mol. The van der Waals surface area contributed by atoms with E-state index in [0.29, 0.717) is 19.4 Å². The smallest absolute Gasteiger partial charge is 0.236 e. The summed E-state index contributed by atoms with van der Waals surface area (Å²) in [5.41, 5.74) is 5.42. The first-order valence-electron chi connectivity index (χ1n) is 3.86. The van der Waals surface area contributed by atoms with Gasteiger partial charge in [-0.15, -0.1) is 0 Å². The van der Waals surface area contributed by atoms with Crippen LogP contribution in [0.4, 0.5) is 0 Å². The quantitative estimate of drug-likeness (QED) is 0.462. The SMILES string of the molecule is CC[C@H](N)C(=O)NCCCO. The molecule has 0 spiro atoms. The van der Waals surface area contributed by atoms with Crippen molar-refractivity contribution < 1.29 is 9.90 Å². The number of aliphatic hydroxyl groups is 1. The predicted octanol–water partition coefficient (Wildman–Crippen LogP) is -0.778. The van der Waals surface area contributed by atoms with E-state index >= 15 is 0 Å². The Labute approximate surface area is 66.8 Å². The molecule has 0 bridgehead atoms.